The van der Waals surface area contributed by atoms with Crippen molar-refractivity contribution in [1.29, 1.82) is 0 Å². The number of carbonyl (C=O) groups excluding carboxylic acids is 1. The van der Waals surface area contributed by atoms with Crippen LogP contribution in [0.15, 0.2) is 48.5 Å². The SMILES string of the molecule is NC1CCc2c(cccc2-c2ccccc2)CC1=O. The molecule has 0 amide bonds. The second kappa shape index (κ2) is 4.98. The van der Waals surface area contributed by atoms with Crippen molar-refractivity contribution < 1.29 is 4.79 Å². The predicted octanol–water partition coefficient (Wildman–Crippen LogP) is 2.74. The van der Waals surface area contributed by atoms with Gasteiger partial charge in [0.25, 0.3) is 0 Å². The Kier molecular flexibility index (Phi) is 3.18. The topological polar surface area (TPSA) is 43.1 Å². The molecule has 96 valence electrons. The van der Waals surface area contributed by atoms with Gasteiger partial charge >= 0.3 is 0 Å². The monoisotopic (exact) mass is 251 g/mol. The lowest BCUT2D eigenvalue weighted by molar-refractivity contribution is -0.119. The summed E-state index contributed by atoms with van der Waals surface area (Å²) in [5, 5.41) is 0. The Morgan fingerprint density at radius 2 is 1.79 bits per heavy atom. The first-order valence-corrected chi connectivity index (χ1v) is 6.70. The number of carbonyl (C=O) groups is 1. The summed E-state index contributed by atoms with van der Waals surface area (Å²) in [6, 6.07) is 16.2. The Morgan fingerprint density at radius 3 is 2.58 bits per heavy atom. The zero-order chi connectivity index (χ0) is 13.2. The van der Waals surface area contributed by atoms with Crippen LogP contribution in [0.3, 0.4) is 0 Å². The molecule has 2 nitrogen and oxygen atoms in total. The van der Waals surface area contributed by atoms with Gasteiger partial charge in [0.1, 0.15) is 0 Å². The minimum absolute atomic E-state index is 0.156. The lowest BCUT2D eigenvalue weighted by atomic mass is 9.93. The Bertz CT molecular complexity index is 604. The van der Waals surface area contributed by atoms with Crippen molar-refractivity contribution in [1.82, 2.24) is 0 Å². The molecule has 19 heavy (non-hydrogen) atoms. The highest BCUT2D eigenvalue weighted by Crippen LogP contribution is 2.29. The minimum Gasteiger partial charge on any atom is -0.321 e. The molecule has 0 bridgehead atoms. The van der Waals surface area contributed by atoms with Gasteiger partial charge in [0.15, 0.2) is 5.78 Å². The molecule has 2 heteroatoms. The van der Waals surface area contributed by atoms with Crippen molar-refractivity contribution >= 4 is 5.78 Å². The summed E-state index contributed by atoms with van der Waals surface area (Å²) >= 11 is 0. The predicted molar refractivity (Wildman–Crippen MR) is 76.9 cm³/mol. The number of fused-ring (bicyclic) bond motifs is 1. The number of ketones is 1. The molecule has 0 heterocycles. The second-order valence-corrected chi connectivity index (χ2v) is 5.10. The largest absolute Gasteiger partial charge is 0.321 e. The van der Waals surface area contributed by atoms with E-state index in [0.29, 0.717) is 6.42 Å². The first-order chi connectivity index (χ1) is 9.25. The number of hydrogen-bond donors (Lipinski definition) is 1. The molecule has 2 N–H and O–H groups in total. The van der Waals surface area contributed by atoms with Crippen LogP contribution in [0.25, 0.3) is 11.1 Å². The highest BCUT2D eigenvalue weighted by Gasteiger charge is 2.22. The molecule has 1 unspecified atom stereocenters. The van der Waals surface area contributed by atoms with E-state index in [-0.39, 0.29) is 11.8 Å². The fraction of sp³-hybridized carbons (Fsp3) is 0.235. The van der Waals surface area contributed by atoms with Crippen LogP contribution < -0.4 is 5.73 Å². The maximum atomic E-state index is 11.9. The summed E-state index contributed by atoms with van der Waals surface area (Å²) in [5.74, 6) is 0.156. The van der Waals surface area contributed by atoms with E-state index in [4.69, 9.17) is 5.73 Å². The van der Waals surface area contributed by atoms with Crippen LogP contribution in [0, 0.1) is 0 Å². The minimum atomic E-state index is -0.309. The molecule has 0 aliphatic heterocycles. The third kappa shape index (κ3) is 2.32. The zero-order valence-electron chi connectivity index (χ0n) is 10.8. The molecule has 0 radical (unpaired) electrons. The van der Waals surface area contributed by atoms with Crippen LogP contribution in [-0.2, 0) is 17.6 Å². The molecule has 0 aromatic heterocycles. The Balaban J connectivity index is 2.10. The molecule has 1 aliphatic carbocycles. The van der Waals surface area contributed by atoms with Gasteiger partial charge in [-0.15, -0.1) is 0 Å². The fourth-order valence-corrected chi connectivity index (χ4v) is 2.76. The number of rotatable bonds is 1. The van der Waals surface area contributed by atoms with E-state index in [9.17, 15) is 4.79 Å². The molecular formula is C17H17NO. The lowest BCUT2D eigenvalue weighted by Gasteiger charge is -2.12. The molecule has 0 spiro atoms. The normalized spacial score (nSPS) is 18.8. The maximum absolute atomic E-state index is 11.9. The average molecular weight is 251 g/mol. The van der Waals surface area contributed by atoms with Gasteiger partial charge in [-0.2, -0.15) is 0 Å². The van der Waals surface area contributed by atoms with Crippen LogP contribution >= 0.6 is 0 Å². The summed E-state index contributed by atoms with van der Waals surface area (Å²) in [6.45, 7) is 0. The summed E-state index contributed by atoms with van der Waals surface area (Å²) in [6.07, 6.45) is 2.10. The molecule has 1 atom stereocenters. The van der Waals surface area contributed by atoms with Gasteiger partial charge in [0.05, 0.1) is 6.04 Å². The highest BCUT2D eigenvalue weighted by atomic mass is 16.1. The third-order valence-corrected chi connectivity index (χ3v) is 3.84. The number of benzene rings is 2. The van der Waals surface area contributed by atoms with E-state index >= 15 is 0 Å². The van der Waals surface area contributed by atoms with Crippen molar-refractivity contribution in [3.63, 3.8) is 0 Å². The van der Waals surface area contributed by atoms with E-state index in [2.05, 4.69) is 24.3 Å². The van der Waals surface area contributed by atoms with Crippen LogP contribution in [0.4, 0.5) is 0 Å². The van der Waals surface area contributed by atoms with Crippen LogP contribution in [0.1, 0.15) is 17.5 Å². The number of hydrogen-bond acceptors (Lipinski definition) is 2. The molecule has 0 saturated heterocycles. The maximum Gasteiger partial charge on any atom is 0.153 e. The van der Waals surface area contributed by atoms with Gasteiger partial charge < -0.3 is 5.73 Å². The van der Waals surface area contributed by atoms with Crippen molar-refractivity contribution in [3.8, 4) is 11.1 Å². The average Bonchev–Trinajstić information content (AvgIpc) is 2.59. The van der Waals surface area contributed by atoms with Crippen molar-refractivity contribution in [2.24, 2.45) is 5.73 Å². The molecule has 0 saturated carbocycles. The van der Waals surface area contributed by atoms with Crippen molar-refractivity contribution in [2.75, 3.05) is 0 Å². The van der Waals surface area contributed by atoms with Gasteiger partial charge in [0, 0.05) is 6.42 Å². The van der Waals surface area contributed by atoms with Gasteiger partial charge in [-0.1, -0.05) is 48.5 Å². The standard InChI is InChI=1S/C17H17NO/c18-16-10-9-15-13(11-17(16)19)7-4-8-14(15)12-5-2-1-3-6-12/h1-8,16H,9-11,18H2. The molecule has 3 rings (SSSR count). The molecule has 0 fully saturated rings. The summed E-state index contributed by atoms with van der Waals surface area (Å²) < 4.78 is 0. The Hall–Kier alpha value is -1.93. The van der Waals surface area contributed by atoms with Crippen LogP contribution in [0.2, 0.25) is 0 Å². The van der Waals surface area contributed by atoms with Gasteiger partial charge in [0.2, 0.25) is 0 Å². The van der Waals surface area contributed by atoms with Gasteiger partial charge in [-0.05, 0) is 35.1 Å². The lowest BCUT2D eigenvalue weighted by Crippen LogP contribution is -2.30. The van der Waals surface area contributed by atoms with Gasteiger partial charge in [-0.3, -0.25) is 4.79 Å². The number of Topliss-reactive ketones (excluding diaryl/α,β-unsaturated/α-hetero) is 1. The highest BCUT2D eigenvalue weighted by molar-refractivity contribution is 5.87. The van der Waals surface area contributed by atoms with Crippen molar-refractivity contribution in [2.45, 2.75) is 25.3 Å². The Morgan fingerprint density at radius 1 is 1.00 bits per heavy atom. The first kappa shape index (κ1) is 12.1. The quantitative estimate of drug-likeness (QED) is 0.792. The smallest absolute Gasteiger partial charge is 0.153 e. The fourth-order valence-electron chi connectivity index (χ4n) is 2.76. The van der Waals surface area contributed by atoms with E-state index < -0.39 is 0 Å². The van der Waals surface area contributed by atoms with E-state index in [1.165, 1.54) is 16.7 Å². The molecular weight excluding hydrogens is 234 g/mol. The Labute approximate surface area is 113 Å². The molecule has 1 aliphatic rings. The van der Waals surface area contributed by atoms with E-state index in [1.807, 2.05) is 24.3 Å². The van der Waals surface area contributed by atoms with E-state index in [0.717, 1.165) is 18.4 Å². The third-order valence-electron chi connectivity index (χ3n) is 3.84. The summed E-state index contributed by atoms with van der Waals surface area (Å²) in [5.41, 5.74) is 10.8. The van der Waals surface area contributed by atoms with Crippen LogP contribution in [0.5, 0.6) is 0 Å². The second-order valence-electron chi connectivity index (χ2n) is 5.10. The zero-order valence-corrected chi connectivity index (χ0v) is 10.8. The van der Waals surface area contributed by atoms with Crippen LogP contribution in [-0.4, -0.2) is 11.8 Å². The van der Waals surface area contributed by atoms with Crippen molar-refractivity contribution in [3.05, 3.63) is 59.7 Å². The molecule has 2 aromatic rings. The molecule has 2 aromatic carbocycles. The number of nitrogens with two attached hydrogens (primary N) is 1. The summed E-state index contributed by atoms with van der Waals surface area (Å²) in [7, 11) is 0. The van der Waals surface area contributed by atoms with Gasteiger partial charge in [-0.25, -0.2) is 0 Å². The van der Waals surface area contributed by atoms with E-state index in [1.54, 1.807) is 0 Å². The first-order valence-electron chi connectivity index (χ1n) is 6.70. The summed E-state index contributed by atoms with van der Waals surface area (Å²) in [4.78, 5) is 11.9.